The van der Waals surface area contributed by atoms with Gasteiger partial charge in [0.2, 0.25) is 0 Å². The Balaban J connectivity index is 1.32. The van der Waals surface area contributed by atoms with Gasteiger partial charge < -0.3 is 34.9 Å². The van der Waals surface area contributed by atoms with Gasteiger partial charge in [-0.3, -0.25) is 9.59 Å². The van der Waals surface area contributed by atoms with Crippen molar-refractivity contribution < 1.29 is 24.1 Å². The molecule has 0 saturated carbocycles. The maximum absolute atomic E-state index is 12.1. The lowest BCUT2D eigenvalue weighted by Gasteiger charge is -2.15. The number of benzene rings is 2. The molecule has 2 aromatic carbocycles. The van der Waals surface area contributed by atoms with Crippen molar-refractivity contribution in [2.24, 2.45) is 0 Å². The smallest absolute Gasteiger partial charge is 0.266 e. The Morgan fingerprint density at radius 1 is 1.02 bits per heavy atom. The number of aryl methyl sites for hydroxylation is 1. The highest BCUT2D eigenvalue weighted by molar-refractivity contribution is 5.77. The van der Waals surface area contributed by atoms with Gasteiger partial charge in [-0.15, -0.1) is 0 Å². The third-order valence-corrected chi connectivity index (χ3v) is 5.83. The van der Waals surface area contributed by atoms with Crippen LogP contribution < -0.4 is 30.4 Å². The van der Waals surface area contributed by atoms with E-state index in [-0.39, 0.29) is 24.7 Å². The molecular weight excluding hydrogens is 512 g/mol. The van der Waals surface area contributed by atoms with Crippen LogP contribution in [0.5, 0.6) is 17.2 Å². The number of carbonyl (C=O) groups excluding carboxylic acids is 1. The predicted octanol–water partition coefficient (Wildman–Crippen LogP) is 2.92. The molecule has 0 bridgehead atoms. The number of carbonyl (C=O) groups is 1. The summed E-state index contributed by atoms with van der Waals surface area (Å²) in [7, 11) is 0. The molecule has 1 amide bonds. The third-order valence-electron chi connectivity index (χ3n) is 5.83. The van der Waals surface area contributed by atoms with Crippen molar-refractivity contribution in [1.82, 2.24) is 15.6 Å². The first kappa shape index (κ1) is 30.2. The summed E-state index contributed by atoms with van der Waals surface area (Å²) in [4.78, 5) is 26.6. The molecule has 1 heterocycles. The number of hydrogen-bond donors (Lipinski definition) is 4. The van der Waals surface area contributed by atoms with Crippen LogP contribution in [0, 0.1) is 18.3 Å². The lowest BCUT2D eigenvalue weighted by atomic mass is 10.0. The van der Waals surface area contributed by atoms with Crippen LogP contribution in [0.3, 0.4) is 0 Å². The zero-order valence-corrected chi connectivity index (χ0v) is 23.0. The first-order valence-electron chi connectivity index (χ1n) is 13.2. The fraction of sp³-hybridized carbons (Fsp3) is 0.367. The van der Waals surface area contributed by atoms with Crippen LogP contribution >= 0.6 is 0 Å². The highest BCUT2D eigenvalue weighted by Crippen LogP contribution is 2.24. The van der Waals surface area contributed by atoms with Crippen LogP contribution in [0.15, 0.2) is 59.4 Å². The Morgan fingerprint density at radius 3 is 2.30 bits per heavy atom. The number of rotatable bonds is 15. The molecule has 0 aliphatic rings. The Kier molecular flexibility index (Phi) is 11.6. The van der Waals surface area contributed by atoms with Gasteiger partial charge in [-0.2, -0.15) is 5.26 Å². The number of hydrogen-bond acceptors (Lipinski definition) is 8. The topological polar surface area (TPSA) is 146 Å². The summed E-state index contributed by atoms with van der Waals surface area (Å²) in [5.41, 5.74) is 1.86. The monoisotopic (exact) mass is 548 g/mol. The molecule has 40 heavy (non-hydrogen) atoms. The minimum atomic E-state index is -0.586. The Morgan fingerprint density at radius 2 is 1.65 bits per heavy atom. The molecule has 0 aliphatic heterocycles. The molecule has 4 N–H and O–H groups in total. The van der Waals surface area contributed by atoms with Gasteiger partial charge in [0.15, 0.2) is 6.61 Å². The van der Waals surface area contributed by atoms with E-state index in [0.29, 0.717) is 55.1 Å². The van der Waals surface area contributed by atoms with Gasteiger partial charge in [-0.1, -0.05) is 26.0 Å². The zero-order chi connectivity index (χ0) is 28.9. The second-order valence-electron chi connectivity index (χ2n) is 9.53. The molecule has 3 rings (SSSR count). The summed E-state index contributed by atoms with van der Waals surface area (Å²) < 4.78 is 16.9. The largest absolute Gasteiger partial charge is 0.494 e. The first-order valence-corrected chi connectivity index (χ1v) is 13.2. The maximum Gasteiger partial charge on any atom is 0.266 e. The lowest BCUT2D eigenvalue weighted by Crippen LogP contribution is -2.35. The van der Waals surface area contributed by atoms with E-state index >= 15 is 0 Å². The van der Waals surface area contributed by atoms with E-state index < -0.39 is 11.7 Å². The lowest BCUT2D eigenvalue weighted by molar-refractivity contribution is -0.123. The number of amides is 1. The highest BCUT2D eigenvalue weighted by atomic mass is 16.5. The minimum absolute atomic E-state index is 0.0495. The van der Waals surface area contributed by atoms with E-state index in [1.165, 1.54) is 0 Å². The Labute approximate surface area is 233 Å². The van der Waals surface area contributed by atoms with Crippen LogP contribution in [-0.4, -0.2) is 61.1 Å². The third kappa shape index (κ3) is 9.76. The molecule has 0 aliphatic carbocycles. The quantitative estimate of drug-likeness (QED) is 0.212. The Hall–Kier alpha value is -4.33. The number of aliphatic hydroxyl groups is 1. The van der Waals surface area contributed by atoms with E-state index in [4.69, 9.17) is 19.5 Å². The van der Waals surface area contributed by atoms with Crippen molar-refractivity contribution in [1.29, 1.82) is 5.26 Å². The van der Waals surface area contributed by atoms with Crippen molar-refractivity contribution >= 4 is 5.91 Å². The van der Waals surface area contributed by atoms with Crippen LogP contribution in [0.1, 0.15) is 31.5 Å². The molecule has 3 aromatic rings. The molecule has 0 saturated heterocycles. The van der Waals surface area contributed by atoms with Crippen LogP contribution in [0.4, 0.5) is 0 Å². The van der Waals surface area contributed by atoms with Gasteiger partial charge in [0.05, 0.1) is 6.61 Å². The number of nitriles is 1. The number of pyridine rings is 1. The number of aromatic nitrogens is 1. The number of ether oxygens (including phenoxy) is 3. The van der Waals surface area contributed by atoms with E-state index in [1.807, 2.05) is 19.9 Å². The van der Waals surface area contributed by atoms with Crippen molar-refractivity contribution in [2.75, 3.05) is 32.9 Å². The van der Waals surface area contributed by atoms with Crippen LogP contribution in [0.2, 0.25) is 0 Å². The first-order chi connectivity index (χ1) is 19.2. The van der Waals surface area contributed by atoms with Gasteiger partial charge in [0, 0.05) is 30.4 Å². The van der Waals surface area contributed by atoms with Crippen molar-refractivity contribution in [3.63, 3.8) is 0 Å². The number of H-pyrrole nitrogens is 1. The van der Waals surface area contributed by atoms with Crippen LogP contribution in [-0.2, 0) is 4.79 Å². The normalized spacial score (nSPS) is 11.5. The summed E-state index contributed by atoms with van der Waals surface area (Å²) in [6.45, 7) is 7.23. The van der Waals surface area contributed by atoms with Gasteiger partial charge in [0.1, 0.15) is 41.6 Å². The number of aromatic amines is 1. The summed E-state index contributed by atoms with van der Waals surface area (Å²) in [6.07, 6.45) is 0.0359. The van der Waals surface area contributed by atoms with E-state index in [9.17, 15) is 14.7 Å². The molecule has 1 atom stereocenters. The van der Waals surface area contributed by atoms with Gasteiger partial charge >= 0.3 is 0 Å². The molecule has 212 valence electrons. The Bertz CT molecular complexity index is 1330. The molecule has 0 unspecified atom stereocenters. The van der Waals surface area contributed by atoms with E-state index in [0.717, 1.165) is 11.1 Å². The number of nitrogens with one attached hydrogen (secondary N) is 3. The average Bonchev–Trinajstić information content (AvgIpc) is 2.95. The van der Waals surface area contributed by atoms with Gasteiger partial charge in [-0.25, -0.2) is 0 Å². The highest BCUT2D eigenvalue weighted by Gasteiger charge is 2.09. The van der Waals surface area contributed by atoms with E-state index in [1.54, 1.807) is 61.5 Å². The van der Waals surface area contributed by atoms with Crippen LogP contribution in [0.25, 0.3) is 11.1 Å². The maximum atomic E-state index is 12.1. The van der Waals surface area contributed by atoms with E-state index in [2.05, 4.69) is 15.6 Å². The van der Waals surface area contributed by atoms with Gasteiger partial charge in [0.25, 0.3) is 11.5 Å². The minimum Gasteiger partial charge on any atom is -0.494 e. The summed E-state index contributed by atoms with van der Waals surface area (Å²) >= 11 is 0. The molecule has 10 nitrogen and oxygen atoms in total. The predicted molar refractivity (Wildman–Crippen MR) is 152 cm³/mol. The number of nitrogens with zero attached hydrogens (tertiary/aromatic N) is 1. The van der Waals surface area contributed by atoms with Crippen molar-refractivity contribution in [2.45, 2.75) is 39.3 Å². The molecule has 10 heteroatoms. The van der Waals surface area contributed by atoms with Crippen molar-refractivity contribution in [3.05, 3.63) is 76.2 Å². The fourth-order valence-corrected chi connectivity index (χ4v) is 3.68. The molecular formula is C30H36N4O6. The zero-order valence-electron chi connectivity index (χ0n) is 23.0. The molecule has 0 fully saturated rings. The number of aliphatic hydroxyl groups excluding tert-OH is 1. The SMILES string of the molecule is Cc1[nH]c(=O)c(C#N)cc1-c1ccc(OCC(=O)NCCCOc2ccc(OC[C@@H](O)CNC(C)C)cc2)cc1. The molecule has 1 aromatic heterocycles. The summed E-state index contributed by atoms with van der Waals surface area (Å²) in [6, 6.07) is 18.0. The molecule has 0 radical (unpaired) electrons. The van der Waals surface area contributed by atoms with Crippen molar-refractivity contribution in [3.8, 4) is 34.4 Å². The molecule has 0 spiro atoms. The fourth-order valence-electron chi connectivity index (χ4n) is 3.68. The standard InChI is InChI=1S/C30H36N4O6/c1-20(2)33-17-24(35)18-39-27-11-9-25(10-12-27)38-14-4-13-32-29(36)19-40-26-7-5-22(6-8-26)28-15-23(16-31)30(37)34-21(28)3/h5-12,15,20,24,33,35H,4,13-14,17-19H2,1-3H3,(H,32,36)(H,34,37)/t24-/m0/s1. The average molecular weight is 549 g/mol. The second kappa shape index (κ2) is 15.3. The van der Waals surface area contributed by atoms with Gasteiger partial charge in [-0.05, 0) is 61.4 Å². The second-order valence-corrected chi connectivity index (χ2v) is 9.53. The summed E-state index contributed by atoms with van der Waals surface area (Å²) in [5.74, 6) is 1.62. The summed E-state index contributed by atoms with van der Waals surface area (Å²) in [5, 5.41) is 25.0.